The Kier molecular flexibility index (Phi) is 6.58. The number of rotatable bonds is 6. The highest BCUT2D eigenvalue weighted by atomic mass is 127. The maximum atomic E-state index is 14.6. The topological polar surface area (TPSA) is 84.8 Å². The van der Waals surface area contributed by atoms with Gasteiger partial charge in [-0.05, 0) is 65.1 Å². The van der Waals surface area contributed by atoms with E-state index in [0.717, 1.165) is 24.3 Å². The zero-order valence-corrected chi connectivity index (χ0v) is 19.5. The second-order valence-electron chi connectivity index (χ2n) is 7.94. The molecule has 1 aliphatic rings. The fourth-order valence-corrected chi connectivity index (χ4v) is 4.00. The largest absolute Gasteiger partial charge is 0.505 e. The molecule has 3 aromatic rings. The molecule has 0 aromatic heterocycles. The van der Waals surface area contributed by atoms with Crippen LogP contribution in [0.5, 0.6) is 5.75 Å². The van der Waals surface area contributed by atoms with E-state index in [1.54, 1.807) is 6.07 Å². The van der Waals surface area contributed by atoms with E-state index in [-0.39, 0.29) is 30.9 Å². The van der Waals surface area contributed by atoms with Gasteiger partial charge in [0.2, 0.25) is 0 Å². The van der Waals surface area contributed by atoms with Gasteiger partial charge in [0.1, 0.15) is 11.4 Å². The van der Waals surface area contributed by atoms with Crippen LogP contribution in [-0.4, -0.2) is 46.3 Å². The first kappa shape index (κ1) is 24.1. The molecule has 3 aromatic carbocycles. The van der Waals surface area contributed by atoms with Gasteiger partial charge in [0.05, 0.1) is 30.0 Å². The smallest absolute Gasteiger partial charge is 0.256 e. The van der Waals surface area contributed by atoms with Crippen LogP contribution in [0.1, 0.15) is 10.4 Å². The Labute approximate surface area is 205 Å². The van der Waals surface area contributed by atoms with Gasteiger partial charge in [0.15, 0.2) is 23.2 Å². The van der Waals surface area contributed by atoms with Crippen LogP contribution in [0, 0.1) is 26.8 Å². The number of hydrogen-bond donors (Lipinski definition) is 4. The highest BCUT2D eigenvalue weighted by Gasteiger charge is 2.44. The minimum Gasteiger partial charge on any atom is -0.505 e. The Hall–Kier alpha value is -3.06. The monoisotopic (exact) mass is 587 g/mol. The van der Waals surface area contributed by atoms with Gasteiger partial charge >= 0.3 is 0 Å². The maximum Gasteiger partial charge on any atom is 0.256 e. The van der Waals surface area contributed by atoms with Crippen LogP contribution in [0.3, 0.4) is 0 Å². The SMILES string of the molecule is O=C(c1ccc(F)c(F)c1Nc1ccc(I)cc1F)N1CC(O)(CNc2ccc(O)c(F)c2)C1. The number of amides is 1. The summed E-state index contributed by atoms with van der Waals surface area (Å²) in [5.41, 5.74) is -1.91. The molecule has 0 radical (unpaired) electrons. The van der Waals surface area contributed by atoms with E-state index in [1.807, 2.05) is 22.6 Å². The summed E-state index contributed by atoms with van der Waals surface area (Å²) in [6.45, 7) is -0.288. The van der Waals surface area contributed by atoms with Crippen molar-refractivity contribution in [2.75, 3.05) is 30.3 Å². The van der Waals surface area contributed by atoms with E-state index in [4.69, 9.17) is 0 Å². The van der Waals surface area contributed by atoms with E-state index in [1.165, 1.54) is 23.1 Å². The third-order valence-electron chi connectivity index (χ3n) is 5.34. The van der Waals surface area contributed by atoms with Crippen molar-refractivity contribution in [2.24, 2.45) is 0 Å². The number of aliphatic hydroxyl groups is 1. The number of hydrogen-bond acceptors (Lipinski definition) is 5. The predicted molar refractivity (Wildman–Crippen MR) is 126 cm³/mol. The van der Waals surface area contributed by atoms with E-state index in [9.17, 15) is 32.6 Å². The molecule has 34 heavy (non-hydrogen) atoms. The third kappa shape index (κ3) is 4.89. The molecule has 0 unspecified atom stereocenters. The Morgan fingerprint density at radius 1 is 1.00 bits per heavy atom. The number of phenolic OH excluding ortho intramolecular Hbond substituents is 1. The van der Waals surface area contributed by atoms with Gasteiger partial charge in [-0.1, -0.05) is 0 Å². The second-order valence-corrected chi connectivity index (χ2v) is 9.18. The summed E-state index contributed by atoms with van der Waals surface area (Å²) in [6.07, 6.45) is 0. The average molecular weight is 587 g/mol. The average Bonchev–Trinajstić information content (AvgIpc) is 2.77. The third-order valence-corrected chi connectivity index (χ3v) is 6.01. The lowest BCUT2D eigenvalue weighted by molar-refractivity contribution is -0.0706. The van der Waals surface area contributed by atoms with Gasteiger partial charge < -0.3 is 25.7 Å². The van der Waals surface area contributed by atoms with Crippen molar-refractivity contribution in [3.05, 3.63) is 80.9 Å². The molecule has 6 nitrogen and oxygen atoms in total. The number of phenols is 1. The Morgan fingerprint density at radius 2 is 1.74 bits per heavy atom. The summed E-state index contributed by atoms with van der Waals surface area (Å²) in [6, 6.07) is 9.63. The van der Waals surface area contributed by atoms with E-state index in [2.05, 4.69) is 10.6 Å². The minimum atomic E-state index is -1.35. The van der Waals surface area contributed by atoms with Crippen molar-refractivity contribution >= 4 is 45.6 Å². The lowest BCUT2D eigenvalue weighted by atomic mass is 9.92. The van der Waals surface area contributed by atoms with Crippen molar-refractivity contribution < 1.29 is 32.6 Å². The van der Waals surface area contributed by atoms with E-state index in [0.29, 0.717) is 9.26 Å². The lowest BCUT2D eigenvalue weighted by Gasteiger charge is -2.46. The van der Waals surface area contributed by atoms with Crippen LogP contribution >= 0.6 is 22.6 Å². The Balaban J connectivity index is 1.48. The van der Waals surface area contributed by atoms with Crippen LogP contribution in [0.2, 0.25) is 0 Å². The molecule has 1 aliphatic heterocycles. The number of carbonyl (C=O) groups excluding carboxylic acids is 1. The van der Waals surface area contributed by atoms with Gasteiger partial charge in [-0.15, -0.1) is 0 Å². The van der Waals surface area contributed by atoms with Crippen molar-refractivity contribution in [1.82, 2.24) is 4.90 Å². The molecular weight excluding hydrogens is 569 g/mol. The van der Waals surface area contributed by atoms with Crippen molar-refractivity contribution in [3.8, 4) is 5.75 Å². The molecule has 0 spiro atoms. The highest BCUT2D eigenvalue weighted by Crippen LogP contribution is 2.32. The highest BCUT2D eigenvalue weighted by molar-refractivity contribution is 14.1. The molecule has 1 heterocycles. The summed E-state index contributed by atoms with van der Waals surface area (Å²) in [4.78, 5) is 14.2. The summed E-state index contributed by atoms with van der Waals surface area (Å²) < 4.78 is 56.8. The van der Waals surface area contributed by atoms with Gasteiger partial charge in [-0.25, -0.2) is 17.6 Å². The van der Waals surface area contributed by atoms with Crippen molar-refractivity contribution in [2.45, 2.75) is 5.60 Å². The summed E-state index contributed by atoms with van der Waals surface area (Å²) in [5.74, 6) is -5.28. The normalized spacial score (nSPS) is 14.5. The van der Waals surface area contributed by atoms with Crippen molar-refractivity contribution in [1.29, 1.82) is 0 Å². The fraction of sp³-hybridized carbons (Fsp3) is 0.174. The van der Waals surface area contributed by atoms with Crippen LogP contribution in [0.25, 0.3) is 0 Å². The molecule has 1 amide bonds. The number of carbonyl (C=O) groups is 1. The van der Waals surface area contributed by atoms with Crippen LogP contribution in [-0.2, 0) is 0 Å². The second kappa shape index (κ2) is 9.29. The van der Waals surface area contributed by atoms with Gasteiger partial charge in [-0.2, -0.15) is 0 Å². The first-order chi connectivity index (χ1) is 16.1. The fourth-order valence-electron chi connectivity index (χ4n) is 3.55. The van der Waals surface area contributed by atoms with Crippen molar-refractivity contribution in [3.63, 3.8) is 0 Å². The number of β-amino-alcohol motifs (C(OH)–C–C–N with tert-alkyl or cyclic N) is 1. The molecule has 4 N–H and O–H groups in total. The Bertz CT molecular complexity index is 1270. The number of halogens is 5. The first-order valence-corrected chi connectivity index (χ1v) is 11.1. The first-order valence-electron chi connectivity index (χ1n) is 10.0. The zero-order chi connectivity index (χ0) is 24.6. The molecule has 178 valence electrons. The van der Waals surface area contributed by atoms with Crippen LogP contribution < -0.4 is 10.6 Å². The van der Waals surface area contributed by atoms with Crippen LogP contribution in [0.15, 0.2) is 48.5 Å². The minimum absolute atomic E-state index is 0.0300. The van der Waals surface area contributed by atoms with Gasteiger partial charge in [-0.3, -0.25) is 4.79 Å². The number of anilines is 3. The van der Waals surface area contributed by atoms with E-state index >= 15 is 0 Å². The standard InChI is InChI=1S/C23H18F4IN3O3/c24-15-4-3-14(21(20(15)27)30-18-5-1-12(28)7-16(18)25)22(33)31-10-23(34,11-31)9-29-13-2-6-19(32)17(26)8-13/h1-8,29-30,32,34H,9-11H2. The molecule has 0 saturated carbocycles. The van der Waals surface area contributed by atoms with Gasteiger partial charge in [0.25, 0.3) is 5.91 Å². The molecule has 4 rings (SSSR count). The van der Waals surface area contributed by atoms with Gasteiger partial charge in [0, 0.05) is 21.9 Å². The quantitative estimate of drug-likeness (QED) is 0.193. The Morgan fingerprint density at radius 3 is 2.41 bits per heavy atom. The number of nitrogens with zero attached hydrogens (tertiary/aromatic N) is 1. The van der Waals surface area contributed by atoms with E-state index < -0.39 is 46.2 Å². The number of benzene rings is 3. The maximum absolute atomic E-state index is 14.6. The number of likely N-dealkylation sites (tertiary alicyclic amines) is 1. The summed E-state index contributed by atoms with van der Waals surface area (Å²) >= 11 is 1.90. The summed E-state index contributed by atoms with van der Waals surface area (Å²) in [5, 5.41) is 25.2. The number of nitrogens with one attached hydrogen (secondary N) is 2. The molecule has 11 heteroatoms. The van der Waals surface area contributed by atoms with Crippen LogP contribution in [0.4, 0.5) is 34.6 Å². The lowest BCUT2D eigenvalue weighted by Crippen LogP contribution is -2.66. The zero-order valence-electron chi connectivity index (χ0n) is 17.4. The number of aromatic hydroxyl groups is 1. The molecule has 0 atom stereocenters. The molecule has 1 saturated heterocycles. The molecule has 1 fully saturated rings. The predicted octanol–water partition coefficient (Wildman–Crippen LogP) is 4.60. The molecule has 0 bridgehead atoms. The summed E-state index contributed by atoms with van der Waals surface area (Å²) in [7, 11) is 0. The molecule has 0 aliphatic carbocycles. The molecular formula is C23H18F4IN3O3.